The molecular weight excluding hydrogens is 320 g/mol. The minimum atomic E-state index is -0.212. The van der Waals surface area contributed by atoms with Crippen LogP contribution in [0.5, 0.6) is 11.5 Å². The lowest BCUT2D eigenvalue weighted by molar-refractivity contribution is 0.0949. The highest BCUT2D eigenvalue weighted by Crippen LogP contribution is 2.27. The first-order valence-corrected chi connectivity index (χ1v) is 8.28. The van der Waals surface area contributed by atoms with Crippen LogP contribution in [-0.4, -0.2) is 43.2 Å². The molecule has 0 spiro atoms. The number of nitrogens with one attached hydrogen (secondary N) is 1. The standard InChI is InChI=1S/C18H22N4O3/c1-24-14-6-5-13(11-15(14)25-2)18(23)20-12-16-19-8-7-17(21-16)22-9-3-4-10-22/h5-8,11H,3-4,9-10,12H2,1-2H3,(H,20,23). The molecule has 0 radical (unpaired) electrons. The van der Waals surface area contributed by atoms with Crippen LogP contribution in [0.2, 0.25) is 0 Å². The fourth-order valence-electron chi connectivity index (χ4n) is 2.83. The van der Waals surface area contributed by atoms with Crippen LogP contribution in [-0.2, 0) is 6.54 Å². The summed E-state index contributed by atoms with van der Waals surface area (Å²) in [6.07, 6.45) is 4.11. The summed E-state index contributed by atoms with van der Waals surface area (Å²) in [5, 5.41) is 2.84. The molecule has 2 heterocycles. The fraction of sp³-hybridized carbons (Fsp3) is 0.389. The van der Waals surface area contributed by atoms with Gasteiger partial charge in [-0.05, 0) is 37.1 Å². The van der Waals surface area contributed by atoms with Crippen molar-refractivity contribution in [2.75, 3.05) is 32.2 Å². The van der Waals surface area contributed by atoms with Crippen molar-refractivity contribution in [1.82, 2.24) is 15.3 Å². The van der Waals surface area contributed by atoms with Crippen molar-refractivity contribution in [1.29, 1.82) is 0 Å². The molecule has 25 heavy (non-hydrogen) atoms. The lowest BCUT2D eigenvalue weighted by atomic mass is 10.2. The highest BCUT2D eigenvalue weighted by Gasteiger charge is 2.15. The zero-order valence-corrected chi connectivity index (χ0v) is 14.5. The first kappa shape index (κ1) is 17.0. The summed E-state index contributed by atoms with van der Waals surface area (Å²) in [6.45, 7) is 2.32. The zero-order valence-electron chi connectivity index (χ0n) is 14.5. The van der Waals surface area contributed by atoms with Crippen LogP contribution < -0.4 is 19.7 Å². The summed E-state index contributed by atoms with van der Waals surface area (Å²) in [5.74, 6) is 2.40. The van der Waals surface area contributed by atoms with Gasteiger partial charge >= 0.3 is 0 Å². The van der Waals surface area contributed by atoms with Crippen LogP contribution >= 0.6 is 0 Å². The summed E-state index contributed by atoms with van der Waals surface area (Å²) in [6, 6.07) is 6.96. The van der Waals surface area contributed by atoms with E-state index in [4.69, 9.17) is 9.47 Å². The van der Waals surface area contributed by atoms with Crippen molar-refractivity contribution >= 4 is 11.7 Å². The number of hydrogen-bond acceptors (Lipinski definition) is 6. The van der Waals surface area contributed by atoms with Crippen molar-refractivity contribution < 1.29 is 14.3 Å². The molecule has 1 aromatic heterocycles. The number of methoxy groups -OCH3 is 2. The van der Waals surface area contributed by atoms with Gasteiger partial charge in [0.1, 0.15) is 11.6 Å². The topological polar surface area (TPSA) is 76.6 Å². The Hall–Kier alpha value is -2.83. The summed E-state index contributed by atoms with van der Waals surface area (Å²) in [7, 11) is 3.10. The second-order valence-electron chi connectivity index (χ2n) is 5.78. The quantitative estimate of drug-likeness (QED) is 0.865. The van der Waals surface area contributed by atoms with Crippen molar-refractivity contribution in [3.05, 3.63) is 41.9 Å². The maximum absolute atomic E-state index is 12.4. The summed E-state index contributed by atoms with van der Waals surface area (Å²) < 4.78 is 10.4. The maximum atomic E-state index is 12.4. The number of hydrogen-bond donors (Lipinski definition) is 1. The Morgan fingerprint density at radius 2 is 1.92 bits per heavy atom. The normalized spacial score (nSPS) is 13.6. The van der Waals surface area contributed by atoms with Gasteiger partial charge in [-0.25, -0.2) is 9.97 Å². The number of anilines is 1. The molecule has 7 heteroatoms. The van der Waals surface area contributed by atoms with E-state index in [2.05, 4.69) is 20.2 Å². The largest absolute Gasteiger partial charge is 0.493 e. The highest BCUT2D eigenvalue weighted by molar-refractivity contribution is 5.94. The smallest absolute Gasteiger partial charge is 0.251 e. The zero-order chi connectivity index (χ0) is 17.6. The van der Waals surface area contributed by atoms with Crippen molar-refractivity contribution in [3.8, 4) is 11.5 Å². The van der Waals surface area contributed by atoms with E-state index in [1.807, 2.05) is 6.07 Å². The Kier molecular flexibility index (Phi) is 5.33. The van der Waals surface area contributed by atoms with Crippen LogP contribution in [0.25, 0.3) is 0 Å². The van der Waals surface area contributed by atoms with Crippen LogP contribution in [0.4, 0.5) is 5.82 Å². The van der Waals surface area contributed by atoms with Gasteiger partial charge < -0.3 is 19.7 Å². The molecule has 0 unspecified atom stereocenters. The lowest BCUT2D eigenvalue weighted by Gasteiger charge is -2.16. The molecular formula is C18H22N4O3. The molecule has 7 nitrogen and oxygen atoms in total. The second-order valence-corrected chi connectivity index (χ2v) is 5.78. The summed E-state index contributed by atoms with van der Waals surface area (Å²) in [5.41, 5.74) is 0.494. The van der Waals surface area contributed by atoms with Gasteiger partial charge in [-0.2, -0.15) is 0 Å². The monoisotopic (exact) mass is 342 g/mol. The Morgan fingerprint density at radius 3 is 2.64 bits per heavy atom. The van der Waals surface area contributed by atoms with Crippen LogP contribution in [0.1, 0.15) is 29.0 Å². The highest BCUT2D eigenvalue weighted by atomic mass is 16.5. The van der Waals surface area contributed by atoms with E-state index < -0.39 is 0 Å². The lowest BCUT2D eigenvalue weighted by Crippen LogP contribution is -2.25. The summed E-state index contributed by atoms with van der Waals surface area (Å²) in [4.78, 5) is 23.4. The molecule has 3 rings (SSSR count). The number of nitrogens with zero attached hydrogens (tertiary/aromatic N) is 3. The van der Waals surface area contributed by atoms with Gasteiger partial charge in [0.05, 0.1) is 20.8 Å². The first-order valence-electron chi connectivity index (χ1n) is 8.28. The molecule has 1 fully saturated rings. The number of rotatable bonds is 6. The predicted octanol–water partition coefficient (Wildman–Crippen LogP) is 2.02. The maximum Gasteiger partial charge on any atom is 0.251 e. The number of benzene rings is 1. The SMILES string of the molecule is COc1ccc(C(=O)NCc2nccc(N3CCCC3)n2)cc1OC. The number of aromatic nitrogens is 2. The average Bonchev–Trinajstić information content (AvgIpc) is 3.20. The van der Waals surface area contributed by atoms with Gasteiger partial charge in [-0.15, -0.1) is 0 Å². The van der Waals surface area contributed by atoms with Crippen LogP contribution in [0.15, 0.2) is 30.5 Å². The molecule has 2 aromatic rings. The summed E-state index contributed by atoms with van der Waals surface area (Å²) >= 11 is 0. The van der Waals surface area contributed by atoms with Gasteiger partial charge in [0, 0.05) is 24.8 Å². The van der Waals surface area contributed by atoms with E-state index in [-0.39, 0.29) is 12.5 Å². The van der Waals surface area contributed by atoms with Gasteiger partial charge in [0.2, 0.25) is 0 Å². The molecule has 0 bridgehead atoms. The van der Waals surface area contributed by atoms with E-state index in [9.17, 15) is 4.79 Å². The van der Waals surface area contributed by atoms with Gasteiger partial charge in [0.15, 0.2) is 11.5 Å². The number of carbonyl (C=O) groups excluding carboxylic acids is 1. The Morgan fingerprint density at radius 1 is 1.16 bits per heavy atom. The molecule has 1 aliphatic rings. The van der Waals surface area contributed by atoms with E-state index in [0.29, 0.717) is 22.9 Å². The third-order valence-electron chi connectivity index (χ3n) is 4.17. The van der Waals surface area contributed by atoms with Gasteiger partial charge in [-0.3, -0.25) is 4.79 Å². The fourth-order valence-corrected chi connectivity index (χ4v) is 2.83. The molecule has 1 aromatic carbocycles. The average molecular weight is 342 g/mol. The molecule has 1 aliphatic heterocycles. The molecule has 132 valence electrons. The molecule has 1 amide bonds. The van der Waals surface area contributed by atoms with E-state index in [1.54, 1.807) is 31.5 Å². The predicted molar refractivity (Wildman–Crippen MR) is 94.2 cm³/mol. The number of carbonyl (C=O) groups is 1. The molecule has 0 saturated carbocycles. The Labute approximate surface area is 147 Å². The van der Waals surface area contributed by atoms with Crippen molar-refractivity contribution in [3.63, 3.8) is 0 Å². The van der Waals surface area contributed by atoms with Crippen LogP contribution in [0, 0.1) is 0 Å². The van der Waals surface area contributed by atoms with Crippen molar-refractivity contribution in [2.24, 2.45) is 0 Å². The minimum Gasteiger partial charge on any atom is -0.493 e. The molecule has 0 atom stereocenters. The molecule has 0 aliphatic carbocycles. The van der Waals surface area contributed by atoms with E-state index >= 15 is 0 Å². The minimum absolute atomic E-state index is 0.212. The van der Waals surface area contributed by atoms with E-state index in [1.165, 1.54) is 20.0 Å². The van der Waals surface area contributed by atoms with Crippen molar-refractivity contribution in [2.45, 2.75) is 19.4 Å². The van der Waals surface area contributed by atoms with E-state index in [0.717, 1.165) is 18.9 Å². The van der Waals surface area contributed by atoms with Gasteiger partial charge in [0.25, 0.3) is 5.91 Å². The Balaban J connectivity index is 1.65. The Bertz CT molecular complexity index is 745. The molecule has 1 N–H and O–H groups in total. The number of ether oxygens (including phenoxy) is 2. The molecule has 1 saturated heterocycles. The second kappa shape index (κ2) is 7.83. The third kappa shape index (κ3) is 3.99. The third-order valence-corrected chi connectivity index (χ3v) is 4.17. The van der Waals surface area contributed by atoms with Gasteiger partial charge in [-0.1, -0.05) is 0 Å². The van der Waals surface area contributed by atoms with Crippen LogP contribution in [0.3, 0.4) is 0 Å². The first-order chi connectivity index (χ1) is 12.2. The number of amides is 1.